The molecule has 2 aliphatic rings. The average molecular weight is 304 g/mol. The number of benzene rings is 1. The standard InChI is InChI=1S/C17H15ClFNO/c1-10(21)14-8-11-6-7-12(19)9-16(11)20-17(14)13-4-2-3-5-15(13)18/h2-10,16,20-21H,1H3. The highest BCUT2D eigenvalue weighted by molar-refractivity contribution is 6.32. The summed E-state index contributed by atoms with van der Waals surface area (Å²) in [5, 5.41) is 13.9. The molecule has 108 valence electrons. The van der Waals surface area contributed by atoms with E-state index in [1.54, 1.807) is 19.1 Å². The van der Waals surface area contributed by atoms with Crippen LogP contribution in [0.15, 0.2) is 65.5 Å². The molecule has 0 fully saturated rings. The van der Waals surface area contributed by atoms with Crippen LogP contribution in [0.1, 0.15) is 12.5 Å². The third-order valence-electron chi connectivity index (χ3n) is 3.62. The van der Waals surface area contributed by atoms with Gasteiger partial charge in [0.2, 0.25) is 0 Å². The zero-order valence-electron chi connectivity index (χ0n) is 11.5. The van der Waals surface area contributed by atoms with Gasteiger partial charge in [-0.1, -0.05) is 35.9 Å². The number of hydrogen-bond acceptors (Lipinski definition) is 2. The molecule has 1 aromatic carbocycles. The second-order valence-electron chi connectivity index (χ2n) is 5.14. The normalized spacial score (nSPS) is 22.2. The van der Waals surface area contributed by atoms with E-state index in [-0.39, 0.29) is 11.9 Å². The van der Waals surface area contributed by atoms with Gasteiger partial charge in [0.05, 0.1) is 12.1 Å². The van der Waals surface area contributed by atoms with Crippen LogP contribution in [-0.2, 0) is 0 Å². The van der Waals surface area contributed by atoms with Crippen molar-refractivity contribution in [3.05, 3.63) is 76.1 Å². The van der Waals surface area contributed by atoms with E-state index in [1.807, 2.05) is 24.3 Å². The van der Waals surface area contributed by atoms with Gasteiger partial charge in [-0.15, -0.1) is 0 Å². The summed E-state index contributed by atoms with van der Waals surface area (Å²) in [6.45, 7) is 1.70. The lowest BCUT2D eigenvalue weighted by atomic mass is 9.90. The molecule has 1 heterocycles. The average Bonchev–Trinajstić information content (AvgIpc) is 2.46. The van der Waals surface area contributed by atoms with Crippen LogP contribution in [0, 0.1) is 0 Å². The number of dihydropyridines is 1. The van der Waals surface area contributed by atoms with Crippen molar-refractivity contribution in [2.75, 3.05) is 0 Å². The Balaban J connectivity index is 2.13. The Morgan fingerprint density at radius 2 is 2.05 bits per heavy atom. The van der Waals surface area contributed by atoms with Crippen LogP contribution < -0.4 is 5.32 Å². The lowest BCUT2D eigenvalue weighted by molar-refractivity contribution is 0.235. The summed E-state index contributed by atoms with van der Waals surface area (Å²) in [6.07, 6.45) is 5.90. The van der Waals surface area contributed by atoms with Crippen LogP contribution in [0.5, 0.6) is 0 Å². The number of aliphatic hydroxyl groups excluding tert-OH is 1. The molecule has 2 atom stereocenters. The highest BCUT2D eigenvalue weighted by atomic mass is 35.5. The molecule has 4 heteroatoms. The number of allylic oxidation sites excluding steroid dienone is 2. The van der Waals surface area contributed by atoms with Gasteiger partial charge in [0.1, 0.15) is 5.83 Å². The first-order valence-corrected chi connectivity index (χ1v) is 7.14. The summed E-state index contributed by atoms with van der Waals surface area (Å²) in [5.74, 6) is -0.274. The first-order valence-electron chi connectivity index (χ1n) is 6.77. The second kappa shape index (κ2) is 5.51. The van der Waals surface area contributed by atoms with Crippen LogP contribution in [0.2, 0.25) is 5.02 Å². The van der Waals surface area contributed by atoms with Gasteiger partial charge in [0.25, 0.3) is 0 Å². The van der Waals surface area contributed by atoms with Gasteiger partial charge in [-0.3, -0.25) is 0 Å². The Labute approximate surface area is 127 Å². The lowest BCUT2D eigenvalue weighted by Gasteiger charge is -2.30. The van der Waals surface area contributed by atoms with Gasteiger partial charge in [-0.25, -0.2) is 4.39 Å². The summed E-state index contributed by atoms with van der Waals surface area (Å²) < 4.78 is 13.4. The van der Waals surface area contributed by atoms with Gasteiger partial charge >= 0.3 is 0 Å². The monoisotopic (exact) mass is 303 g/mol. The number of halogens is 2. The Morgan fingerprint density at radius 1 is 1.29 bits per heavy atom. The fourth-order valence-electron chi connectivity index (χ4n) is 2.57. The van der Waals surface area contributed by atoms with Crippen molar-refractivity contribution in [3.63, 3.8) is 0 Å². The molecule has 2 nitrogen and oxygen atoms in total. The smallest absolute Gasteiger partial charge is 0.121 e. The predicted molar refractivity (Wildman–Crippen MR) is 83.4 cm³/mol. The Bertz CT molecular complexity index is 700. The topological polar surface area (TPSA) is 32.3 Å². The van der Waals surface area contributed by atoms with Crippen molar-refractivity contribution in [1.82, 2.24) is 5.32 Å². The molecule has 21 heavy (non-hydrogen) atoms. The van der Waals surface area contributed by atoms with E-state index >= 15 is 0 Å². The first-order chi connectivity index (χ1) is 10.1. The SMILES string of the molecule is CC(O)C1=C(c2ccccc2Cl)NC2C=C(F)C=CC2=C1. The fourth-order valence-corrected chi connectivity index (χ4v) is 2.80. The van der Waals surface area contributed by atoms with E-state index in [2.05, 4.69) is 5.32 Å². The van der Waals surface area contributed by atoms with Crippen LogP contribution >= 0.6 is 11.6 Å². The maximum absolute atomic E-state index is 13.4. The minimum atomic E-state index is -0.652. The fraction of sp³-hybridized carbons (Fsp3) is 0.176. The van der Waals surface area contributed by atoms with Crippen molar-refractivity contribution in [1.29, 1.82) is 0 Å². The third kappa shape index (κ3) is 2.67. The molecule has 1 aliphatic carbocycles. The molecule has 0 saturated heterocycles. The van der Waals surface area contributed by atoms with E-state index < -0.39 is 6.10 Å². The van der Waals surface area contributed by atoms with Crippen LogP contribution in [0.3, 0.4) is 0 Å². The maximum Gasteiger partial charge on any atom is 0.121 e. The molecule has 0 bridgehead atoms. The van der Waals surface area contributed by atoms with Crippen molar-refractivity contribution >= 4 is 17.3 Å². The van der Waals surface area contributed by atoms with E-state index in [0.29, 0.717) is 5.02 Å². The number of nitrogens with one attached hydrogen (secondary N) is 1. The summed E-state index contributed by atoms with van der Waals surface area (Å²) in [6, 6.07) is 7.16. The van der Waals surface area contributed by atoms with Gasteiger partial charge in [0, 0.05) is 21.9 Å². The minimum Gasteiger partial charge on any atom is -0.389 e. The van der Waals surface area contributed by atoms with E-state index in [0.717, 1.165) is 22.4 Å². The third-order valence-corrected chi connectivity index (χ3v) is 3.95. The number of hydrogen-bond donors (Lipinski definition) is 2. The summed E-state index contributed by atoms with van der Waals surface area (Å²) in [7, 11) is 0. The minimum absolute atomic E-state index is 0.247. The lowest BCUT2D eigenvalue weighted by Crippen LogP contribution is -2.34. The molecule has 2 N–H and O–H groups in total. The van der Waals surface area contributed by atoms with E-state index in [4.69, 9.17) is 11.6 Å². The van der Waals surface area contributed by atoms with Gasteiger partial charge in [0.15, 0.2) is 0 Å². The molecule has 0 radical (unpaired) electrons. The Kier molecular flexibility index (Phi) is 3.70. The maximum atomic E-state index is 13.4. The number of fused-ring (bicyclic) bond motifs is 1. The van der Waals surface area contributed by atoms with E-state index in [1.165, 1.54) is 12.2 Å². The molecule has 3 rings (SSSR count). The highest BCUT2D eigenvalue weighted by Crippen LogP contribution is 2.33. The first kappa shape index (κ1) is 14.1. The van der Waals surface area contributed by atoms with Gasteiger partial charge < -0.3 is 10.4 Å². The van der Waals surface area contributed by atoms with Crippen LogP contribution in [-0.4, -0.2) is 17.3 Å². The molecule has 0 aromatic heterocycles. The number of aliphatic hydroxyl groups is 1. The van der Waals surface area contributed by atoms with Crippen molar-refractivity contribution < 1.29 is 9.50 Å². The summed E-state index contributed by atoms with van der Waals surface area (Å²) >= 11 is 6.25. The van der Waals surface area contributed by atoms with Gasteiger partial charge in [-0.05, 0) is 36.8 Å². The van der Waals surface area contributed by atoms with E-state index in [9.17, 15) is 9.50 Å². The largest absolute Gasteiger partial charge is 0.389 e. The molecular formula is C17H15ClFNO. The van der Waals surface area contributed by atoms with Crippen LogP contribution in [0.25, 0.3) is 5.70 Å². The quantitative estimate of drug-likeness (QED) is 0.872. The van der Waals surface area contributed by atoms with Gasteiger partial charge in [-0.2, -0.15) is 0 Å². The second-order valence-corrected chi connectivity index (χ2v) is 5.54. The predicted octanol–water partition coefficient (Wildman–Crippen LogP) is 3.75. The molecule has 0 amide bonds. The molecule has 1 aromatic rings. The van der Waals surface area contributed by atoms with Crippen molar-refractivity contribution in [2.45, 2.75) is 19.1 Å². The highest BCUT2D eigenvalue weighted by Gasteiger charge is 2.25. The zero-order chi connectivity index (χ0) is 15.0. The molecule has 2 unspecified atom stereocenters. The molecule has 0 saturated carbocycles. The number of rotatable bonds is 2. The molecule has 0 spiro atoms. The van der Waals surface area contributed by atoms with Crippen molar-refractivity contribution in [2.24, 2.45) is 0 Å². The summed E-state index contributed by atoms with van der Waals surface area (Å²) in [4.78, 5) is 0. The van der Waals surface area contributed by atoms with Crippen molar-refractivity contribution in [3.8, 4) is 0 Å². The Hall–Kier alpha value is -1.84. The Morgan fingerprint density at radius 3 is 2.76 bits per heavy atom. The summed E-state index contributed by atoms with van der Waals surface area (Å²) in [5.41, 5.74) is 3.20. The van der Waals surface area contributed by atoms with Crippen LogP contribution in [0.4, 0.5) is 4.39 Å². The zero-order valence-corrected chi connectivity index (χ0v) is 12.2. The molecule has 1 aliphatic heterocycles. The molecular weight excluding hydrogens is 289 g/mol.